The van der Waals surface area contributed by atoms with Gasteiger partial charge in [0.05, 0.1) is 6.10 Å². The Hall–Kier alpha value is -0.0800. The van der Waals surface area contributed by atoms with Gasteiger partial charge >= 0.3 is 0 Å². The summed E-state index contributed by atoms with van der Waals surface area (Å²) in [4.78, 5) is 0. The van der Waals surface area contributed by atoms with Crippen LogP contribution in [0.15, 0.2) is 0 Å². The van der Waals surface area contributed by atoms with E-state index in [0.29, 0.717) is 17.8 Å². The van der Waals surface area contributed by atoms with E-state index in [9.17, 15) is 5.11 Å². The third-order valence-electron chi connectivity index (χ3n) is 3.09. The Morgan fingerprint density at radius 2 is 2.00 bits per heavy atom. The second kappa shape index (κ2) is 4.24. The van der Waals surface area contributed by atoms with Gasteiger partial charge in [0.15, 0.2) is 0 Å². The highest BCUT2D eigenvalue weighted by Crippen LogP contribution is 2.33. The standard InChI is InChI=1S/C10H20O2/c1-7(2)9-4-3-8(6-11)5-10(9)12/h7-12H,3-6H2,1-2H3/t8-,9+,10+/m1/s1. The molecule has 2 heteroatoms. The number of aliphatic hydroxyl groups excluding tert-OH is 2. The van der Waals surface area contributed by atoms with Crippen LogP contribution in [0.3, 0.4) is 0 Å². The van der Waals surface area contributed by atoms with Crippen LogP contribution in [0, 0.1) is 17.8 Å². The van der Waals surface area contributed by atoms with Gasteiger partial charge in [-0.15, -0.1) is 0 Å². The average Bonchev–Trinajstić information content (AvgIpc) is 2.03. The third-order valence-corrected chi connectivity index (χ3v) is 3.09. The number of rotatable bonds is 2. The maximum Gasteiger partial charge on any atom is 0.0574 e. The fourth-order valence-electron chi connectivity index (χ4n) is 2.20. The lowest BCUT2D eigenvalue weighted by Gasteiger charge is -2.34. The summed E-state index contributed by atoms with van der Waals surface area (Å²) in [6.07, 6.45) is 2.76. The van der Waals surface area contributed by atoms with Crippen LogP contribution in [0.25, 0.3) is 0 Å². The molecule has 2 nitrogen and oxygen atoms in total. The summed E-state index contributed by atoms with van der Waals surface area (Å²) in [5, 5.41) is 18.7. The molecule has 0 aromatic rings. The summed E-state index contributed by atoms with van der Waals surface area (Å²) in [6.45, 7) is 4.56. The number of hydrogen-bond donors (Lipinski definition) is 2. The normalized spacial score (nSPS) is 37.2. The van der Waals surface area contributed by atoms with E-state index < -0.39 is 0 Å². The lowest BCUT2D eigenvalue weighted by molar-refractivity contribution is 0.00928. The van der Waals surface area contributed by atoms with Crippen LogP contribution < -0.4 is 0 Å². The van der Waals surface area contributed by atoms with Crippen molar-refractivity contribution in [3.05, 3.63) is 0 Å². The van der Waals surface area contributed by atoms with Crippen molar-refractivity contribution in [3.63, 3.8) is 0 Å². The molecule has 1 rings (SSSR count). The minimum absolute atomic E-state index is 0.184. The van der Waals surface area contributed by atoms with Gasteiger partial charge in [0, 0.05) is 6.61 Å². The predicted molar refractivity (Wildman–Crippen MR) is 48.8 cm³/mol. The minimum Gasteiger partial charge on any atom is -0.396 e. The van der Waals surface area contributed by atoms with Crippen LogP contribution in [0.4, 0.5) is 0 Å². The first-order chi connectivity index (χ1) is 5.65. The molecule has 72 valence electrons. The van der Waals surface area contributed by atoms with E-state index in [1.165, 1.54) is 0 Å². The summed E-state index contributed by atoms with van der Waals surface area (Å²) in [6, 6.07) is 0. The van der Waals surface area contributed by atoms with Crippen LogP contribution in [0.2, 0.25) is 0 Å². The largest absolute Gasteiger partial charge is 0.396 e. The second-order valence-electron chi connectivity index (χ2n) is 4.34. The van der Waals surface area contributed by atoms with Crippen molar-refractivity contribution < 1.29 is 10.2 Å². The molecule has 0 aromatic carbocycles. The zero-order chi connectivity index (χ0) is 9.14. The first-order valence-electron chi connectivity index (χ1n) is 4.94. The molecule has 2 N–H and O–H groups in total. The Labute approximate surface area is 74.6 Å². The van der Waals surface area contributed by atoms with Crippen molar-refractivity contribution in [2.24, 2.45) is 17.8 Å². The van der Waals surface area contributed by atoms with Gasteiger partial charge in [-0.2, -0.15) is 0 Å². The van der Waals surface area contributed by atoms with Crippen molar-refractivity contribution in [2.45, 2.75) is 39.2 Å². The number of aliphatic hydroxyl groups is 2. The van der Waals surface area contributed by atoms with Gasteiger partial charge in [-0.1, -0.05) is 13.8 Å². The Morgan fingerprint density at radius 1 is 1.33 bits per heavy atom. The van der Waals surface area contributed by atoms with Crippen LogP contribution in [-0.2, 0) is 0 Å². The topological polar surface area (TPSA) is 40.5 Å². The fourth-order valence-corrected chi connectivity index (χ4v) is 2.20. The van der Waals surface area contributed by atoms with Gasteiger partial charge in [0.25, 0.3) is 0 Å². The maximum atomic E-state index is 9.73. The summed E-state index contributed by atoms with van der Waals surface area (Å²) in [5.74, 6) is 1.36. The quantitative estimate of drug-likeness (QED) is 0.661. The molecular weight excluding hydrogens is 152 g/mol. The van der Waals surface area contributed by atoms with Gasteiger partial charge in [0.2, 0.25) is 0 Å². The summed E-state index contributed by atoms with van der Waals surface area (Å²) < 4.78 is 0. The van der Waals surface area contributed by atoms with Gasteiger partial charge in [-0.25, -0.2) is 0 Å². The van der Waals surface area contributed by atoms with E-state index >= 15 is 0 Å². The maximum absolute atomic E-state index is 9.73. The monoisotopic (exact) mass is 172 g/mol. The van der Waals surface area contributed by atoms with Gasteiger partial charge in [-0.05, 0) is 37.0 Å². The minimum atomic E-state index is -0.184. The summed E-state index contributed by atoms with van der Waals surface area (Å²) >= 11 is 0. The predicted octanol–water partition coefficient (Wildman–Crippen LogP) is 1.41. The Morgan fingerprint density at radius 3 is 2.42 bits per heavy atom. The highest BCUT2D eigenvalue weighted by molar-refractivity contribution is 4.80. The molecule has 12 heavy (non-hydrogen) atoms. The molecule has 0 amide bonds. The fraction of sp³-hybridized carbons (Fsp3) is 1.00. The molecule has 0 saturated heterocycles. The molecule has 1 aliphatic rings. The van der Waals surface area contributed by atoms with Crippen LogP contribution in [-0.4, -0.2) is 22.9 Å². The van der Waals surface area contributed by atoms with Crippen molar-refractivity contribution in [2.75, 3.05) is 6.61 Å². The van der Waals surface area contributed by atoms with E-state index in [2.05, 4.69) is 13.8 Å². The highest BCUT2D eigenvalue weighted by atomic mass is 16.3. The molecule has 0 spiro atoms. The van der Waals surface area contributed by atoms with E-state index in [0.717, 1.165) is 19.3 Å². The third kappa shape index (κ3) is 2.20. The van der Waals surface area contributed by atoms with Crippen molar-refractivity contribution >= 4 is 0 Å². The first-order valence-corrected chi connectivity index (χ1v) is 4.94. The van der Waals surface area contributed by atoms with Crippen molar-refractivity contribution in [1.29, 1.82) is 0 Å². The van der Waals surface area contributed by atoms with Crippen LogP contribution in [0.1, 0.15) is 33.1 Å². The van der Waals surface area contributed by atoms with Gasteiger partial charge in [0.1, 0.15) is 0 Å². The molecule has 0 aromatic heterocycles. The lowest BCUT2D eigenvalue weighted by Crippen LogP contribution is -2.33. The molecule has 1 saturated carbocycles. The molecule has 0 unspecified atom stereocenters. The second-order valence-corrected chi connectivity index (χ2v) is 4.34. The number of hydrogen-bond acceptors (Lipinski definition) is 2. The molecule has 0 aliphatic heterocycles. The average molecular weight is 172 g/mol. The first kappa shape index (κ1) is 10.0. The molecule has 1 fully saturated rings. The highest BCUT2D eigenvalue weighted by Gasteiger charge is 2.30. The Balaban J connectivity index is 2.42. The van der Waals surface area contributed by atoms with Crippen molar-refractivity contribution in [3.8, 4) is 0 Å². The molecule has 0 radical (unpaired) electrons. The van der Waals surface area contributed by atoms with Gasteiger partial charge < -0.3 is 10.2 Å². The zero-order valence-corrected chi connectivity index (χ0v) is 8.03. The van der Waals surface area contributed by atoms with E-state index in [-0.39, 0.29) is 12.7 Å². The molecule has 3 atom stereocenters. The molecule has 0 heterocycles. The summed E-state index contributed by atoms with van der Waals surface area (Å²) in [5.41, 5.74) is 0. The molecule has 1 aliphatic carbocycles. The summed E-state index contributed by atoms with van der Waals surface area (Å²) in [7, 11) is 0. The van der Waals surface area contributed by atoms with E-state index in [1.54, 1.807) is 0 Å². The van der Waals surface area contributed by atoms with Crippen molar-refractivity contribution in [1.82, 2.24) is 0 Å². The van der Waals surface area contributed by atoms with E-state index in [1.807, 2.05) is 0 Å². The van der Waals surface area contributed by atoms with Gasteiger partial charge in [-0.3, -0.25) is 0 Å². The molecular formula is C10H20O2. The smallest absolute Gasteiger partial charge is 0.0574 e. The zero-order valence-electron chi connectivity index (χ0n) is 8.03. The Kier molecular flexibility index (Phi) is 3.53. The van der Waals surface area contributed by atoms with E-state index in [4.69, 9.17) is 5.11 Å². The lowest BCUT2D eigenvalue weighted by atomic mass is 9.75. The van der Waals surface area contributed by atoms with Crippen LogP contribution in [0.5, 0.6) is 0 Å². The Bertz CT molecular complexity index is 134. The van der Waals surface area contributed by atoms with Crippen LogP contribution >= 0.6 is 0 Å². The SMILES string of the molecule is CC(C)[C@@H]1CC[C@@H](CO)C[C@@H]1O. The molecule has 0 bridgehead atoms.